The highest BCUT2D eigenvalue weighted by Crippen LogP contribution is 2.39. The molecule has 26 heavy (non-hydrogen) atoms. The lowest BCUT2D eigenvalue weighted by Gasteiger charge is -2.22. The zero-order valence-corrected chi connectivity index (χ0v) is 16.7. The normalized spacial score (nSPS) is 13.3. The van der Waals surface area contributed by atoms with Crippen LogP contribution in [-0.2, 0) is 5.41 Å². The van der Waals surface area contributed by atoms with E-state index in [0.717, 1.165) is 27.0 Å². The first-order valence-electron chi connectivity index (χ1n) is 9.42. The van der Waals surface area contributed by atoms with Crippen molar-refractivity contribution in [3.63, 3.8) is 0 Å². The third-order valence-corrected chi connectivity index (χ3v) is 5.81. The van der Waals surface area contributed by atoms with Gasteiger partial charge in [-0.2, -0.15) is 0 Å². The van der Waals surface area contributed by atoms with Crippen LogP contribution in [0.2, 0.25) is 0 Å². The Kier molecular flexibility index (Phi) is 3.79. The second kappa shape index (κ2) is 6.17. The van der Waals surface area contributed by atoms with E-state index in [1.807, 2.05) is 13.8 Å². The van der Waals surface area contributed by atoms with Crippen LogP contribution < -0.4 is 0 Å². The van der Waals surface area contributed by atoms with E-state index in [2.05, 4.69) is 72.5 Å². The predicted octanol–water partition coefficient (Wildman–Crippen LogP) is 6.93. The number of hydrogen-bond donors (Lipinski definition) is 0. The van der Waals surface area contributed by atoms with Gasteiger partial charge in [0.25, 0.3) is 0 Å². The number of hydrogen-bond acceptors (Lipinski definition) is 3. The van der Waals surface area contributed by atoms with Gasteiger partial charge in [-0.1, -0.05) is 58.9 Å². The number of aromatic nitrogens is 2. The highest BCUT2D eigenvalue weighted by molar-refractivity contribution is 7.17. The fourth-order valence-electron chi connectivity index (χ4n) is 3.48. The zero-order chi connectivity index (χ0) is 19.4. The average Bonchev–Trinajstić information content (AvgIpc) is 3.04. The van der Waals surface area contributed by atoms with Crippen LogP contribution in [0.25, 0.3) is 32.2 Å². The van der Waals surface area contributed by atoms with Gasteiger partial charge < -0.3 is 0 Å². The summed E-state index contributed by atoms with van der Waals surface area (Å²) in [5.41, 5.74) is 5.28. The Bertz CT molecular complexity index is 1150. The number of thiophene rings is 1. The molecule has 2 heterocycles. The number of benzene rings is 2. The highest BCUT2D eigenvalue weighted by Gasteiger charge is 2.20. The van der Waals surface area contributed by atoms with Crippen LogP contribution in [0, 0.1) is 0 Å². The first-order valence-corrected chi connectivity index (χ1v) is 9.80. The largest absolute Gasteiger partial charge is 0.235 e. The quantitative estimate of drug-likeness (QED) is 0.387. The van der Waals surface area contributed by atoms with E-state index in [-0.39, 0.29) is 5.41 Å². The molecule has 0 bridgehead atoms. The summed E-state index contributed by atoms with van der Waals surface area (Å²) in [5.74, 6) is -0.677. The van der Waals surface area contributed by atoms with Crippen molar-refractivity contribution in [3.8, 4) is 11.3 Å². The van der Waals surface area contributed by atoms with Crippen LogP contribution >= 0.6 is 11.3 Å². The minimum Gasteiger partial charge on any atom is -0.235 e. The molecule has 4 aromatic rings. The monoisotopic (exact) mass is 361 g/mol. The minimum atomic E-state index is -0.677. The van der Waals surface area contributed by atoms with Crippen LogP contribution in [0.3, 0.4) is 0 Å². The third-order valence-electron chi connectivity index (χ3n) is 4.84. The maximum absolute atomic E-state index is 8.42. The summed E-state index contributed by atoms with van der Waals surface area (Å²) >= 11 is 1.64. The molecule has 0 amide bonds. The van der Waals surface area contributed by atoms with E-state index in [1.54, 1.807) is 17.7 Å². The lowest BCUT2D eigenvalue weighted by molar-refractivity contribution is 0.596. The predicted molar refractivity (Wildman–Crippen MR) is 113 cm³/mol. The molecule has 0 aliphatic heterocycles. The molecule has 0 spiro atoms. The van der Waals surface area contributed by atoms with Crippen LogP contribution in [0.1, 0.15) is 53.0 Å². The molecule has 0 atom stereocenters. The molecule has 0 saturated heterocycles. The molecule has 132 valence electrons. The smallest absolute Gasteiger partial charge is 0.116 e. The Balaban J connectivity index is 2.02. The van der Waals surface area contributed by atoms with Gasteiger partial charge in [0.2, 0.25) is 0 Å². The van der Waals surface area contributed by atoms with E-state index >= 15 is 0 Å². The van der Waals surface area contributed by atoms with Gasteiger partial charge in [0.1, 0.15) is 6.33 Å². The van der Waals surface area contributed by atoms with Crippen molar-refractivity contribution in [2.24, 2.45) is 0 Å². The molecule has 0 fully saturated rings. The topological polar surface area (TPSA) is 25.8 Å². The van der Waals surface area contributed by atoms with Crippen molar-refractivity contribution in [1.29, 1.82) is 0 Å². The molecular weight excluding hydrogens is 336 g/mol. The molecule has 3 heteroatoms. The fourth-order valence-corrected chi connectivity index (χ4v) is 4.62. The summed E-state index contributed by atoms with van der Waals surface area (Å²) in [7, 11) is 0. The van der Waals surface area contributed by atoms with Gasteiger partial charge in [0, 0.05) is 6.93 Å². The number of rotatable bonds is 2. The van der Waals surface area contributed by atoms with E-state index < -0.39 is 5.89 Å². The van der Waals surface area contributed by atoms with Crippen molar-refractivity contribution in [1.82, 2.24) is 9.97 Å². The summed E-state index contributed by atoms with van der Waals surface area (Å²) in [6, 6.07) is 13.0. The van der Waals surface area contributed by atoms with Gasteiger partial charge in [-0.3, -0.25) is 0 Å². The molecule has 2 aromatic carbocycles. The Labute approximate surface area is 160 Å². The van der Waals surface area contributed by atoms with Gasteiger partial charge in [0.15, 0.2) is 0 Å². The lowest BCUT2D eigenvalue weighted by atomic mass is 9.82. The second-order valence-electron chi connectivity index (χ2n) is 8.04. The molecule has 0 saturated carbocycles. The maximum Gasteiger partial charge on any atom is 0.116 e. The molecule has 4 rings (SSSR count). The van der Waals surface area contributed by atoms with E-state index in [0.29, 0.717) is 0 Å². The summed E-state index contributed by atoms with van der Waals surface area (Å²) < 4.78 is 9.48. The minimum absolute atomic E-state index is 0.0333. The third kappa shape index (κ3) is 2.80. The molecule has 2 nitrogen and oxygen atoms in total. The second-order valence-corrected chi connectivity index (χ2v) is 8.92. The number of fused-ring (bicyclic) bond motifs is 2. The standard InChI is InChI=1S/C23H24N2S/c1-14(2)18-12-26-22-20(24-13-25-21(18)22)16-10-15-8-6-7-9-17(15)19(11-16)23(3,4)5/h6-14H,1-5H3/i14D. The fraction of sp³-hybridized carbons (Fsp3) is 0.304. The van der Waals surface area contributed by atoms with Crippen molar-refractivity contribution in [2.45, 2.75) is 45.9 Å². The summed E-state index contributed by atoms with van der Waals surface area (Å²) in [5, 5.41) is 4.57. The molecular formula is C23H24N2S. The Morgan fingerprint density at radius 3 is 2.58 bits per heavy atom. The van der Waals surface area contributed by atoms with E-state index in [1.165, 1.54) is 16.3 Å². The molecule has 0 unspecified atom stereocenters. The van der Waals surface area contributed by atoms with E-state index in [4.69, 9.17) is 1.37 Å². The van der Waals surface area contributed by atoms with E-state index in [9.17, 15) is 0 Å². The van der Waals surface area contributed by atoms with Crippen LogP contribution in [-0.4, -0.2) is 9.97 Å². The Morgan fingerprint density at radius 1 is 1.08 bits per heavy atom. The van der Waals surface area contributed by atoms with Crippen molar-refractivity contribution in [3.05, 3.63) is 59.2 Å². The van der Waals surface area contributed by atoms with Crippen molar-refractivity contribution < 1.29 is 1.37 Å². The highest BCUT2D eigenvalue weighted by atomic mass is 32.1. The molecule has 0 aliphatic rings. The molecule has 0 aliphatic carbocycles. The maximum atomic E-state index is 8.42. The Hall–Kier alpha value is -2.26. The molecule has 2 aromatic heterocycles. The number of nitrogens with zero attached hydrogens (tertiary/aromatic N) is 2. The van der Waals surface area contributed by atoms with Crippen LogP contribution in [0.15, 0.2) is 48.1 Å². The Morgan fingerprint density at radius 2 is 1.85 bits per heavy atom. The first-order chi connectivity index (χ1) is 12.7. The average molecular weight is 362 g/mol. The zero-order valence-electron chi connectivity index (χ0n) is 16.9. The lowest BCUT2D eigenvalue weighted by Crippen LogP contribution is -2.12. The van der Waals surface area contributed by atoms with Gasteiger partial charge in [-0.25, -0.2) is 9.97 Å². The van der Waals surface area contributed by atoms with Gasteiger partial charge >= 0.3 is 0 Å². The summed E-state index contributed by atoms with van der Waals surface area (Å²) in [6.45, 7) is 10.6. The van der Waals surface area contributed by atoms with Gasteiger partial charge in [-0.05, 0) is 50.7 Å². The SMILES string of the molecule is [2H]C(C)(C)c1csc2c(-c3cc(C(C)(C)C)c4ccccc4c3)ncnc12. The van der Waals surface area contributed by atoms with Crippen molar-refractivity contribution in [2.75, 3.05) is 0 Å². The van der Waals surface area contributed by atoms with Crippen LogP contribution in [0.4, 0.5) is 0 Å². The van der Waals surface area contributed by atoms with Crippen LogP contribution in [0.5, 0.6) is 0 Å². The first kappa shape index (κ1) is 16.0. The summed E-state index contributed by atoms with van der Waals surface area (Å²) in [6.07, 6.45) is 1.63. The molecule has 0 radical (unpaired) electrons. The summed E-state index contributed by atoms with van der Waals surface area (Å²) in [4.78, 5) is 9.15. The van der Waals surface area contributed by atoms with Gasteiger partial charge in [-0.15, -0.1) is 11.3 Å². The van der Waals surface area contributed by atoms with Gasteiger partial charge in [0.05, 0.1) is 15.9 Å². The molecule has 0 N–H and O–H groups in total. The van der Waals surface area contributed by atoms with Crippen molar-refractivity contribution >= 4 is 32.3 Å².